The fraction of sp³-hybridized carbons (Fsp3) is 0.208. The predicted octanol–water partition coefficient (Wildman–Crippen LogP) is 3.62. The Morgan fingerprint density at radius 1 is 1.00 bits per heavy atom. The molecule has 1 aliphatic rings. The number of nitrogens with zero attached hydrogens (tertiary/aromatic N) is 1. The zero-order valence-corrected chi connectivity index (χ0v) is 17.5. The van der Waals surface area contributed by atoms with E-state index < -0.39 is 18.2 Å². The topological polar surface area (TPSA) is 101 Å². The Balaban J connectivity index is 1.59. The van der Waals surface area contributed by atoms with Crippen LogP contribution in [0.2, 0.25) is 0 Å². The average Bonchev–Trinajstić information content (AvgIpc) is 3.41. The minimum Gasteiger partial charge on any atom is -0.467 e. The summed E-state index contributed by atoms with van der Waals surface area (Å²) in [4.78, 5) is 38.7. The molecule has 2 atom stereocenters. The molecule has 164 valence electrons. The van der Waals surface area contributed by atoms with E-state index in [1.165, 1.54) is 18.1 Å². The van der Waals surface area contributed by atoms with Gasteiger partial charge in [0.15, 0.2) is 12.1 Å². The van der Waals surface area contributed by atoms with Gasteiger partial charge in [0.25, 0.3) is 0 Å². The average molecular weight is 433 g/mol. The van der Waals surface area contributed by atoms with Crippen LogP contribution in [-0.4, -0.2) is 28.8 Å². The number of cyclic esters (lactones) is 1. The van der Waals surface area contributed by atoms with Crippen LogP contribution < -0.4 is 10.6 Å². The molecule has 1 saturated heterocycles. The van der Waals surface area contributed by atoms with Crippen molar-refractivity contribution < 1.29 is 23.5 Å². The fourth-order valence-corrected chi connectivity index (χ4v) is 3.64. The molecule has 0 saturated carbocycles. The second kappa shape index (κ2) is 9.38. The molecule has 1 aliphatic heterocycles. The van der Waals surface area contributed by atoms with E-state index >= 15 is 0 Å². The van der Waals surface area contributed by atoms with Gasteiger partial charge in [-0.2, -0.15) is 0 Å². The lowest BCUT2D eigenvalue weighted by Crippen LogP contribution is -2.46. The third-order valence-corrected chi connectivity index (χ3v) is 5.13. The van der Waals surface area contributed by atoms with Crippen molar-refractivity contribution >= 4 is 23.6 Å². The molecule has 8 heteroatoms. The monoisotopic (exact) mass is 433 g/mol. The van der Waals surface area contributed by atoms with Gasteiger partial charge in [-0.3, -0.25) is 14.5 Å². The zero-order valence-electron chi connectivity index (χ0n) is 17.5. The molecule has 2 unspecified atom stereocenters. The van der Waals surface area contributed by atoms with Gasteiger partial charge in [-0.15, -0.1) is 0 Å². The lowest BCUT2D eigenvalue weighted by Gasteiger charge is -2.24. The number of anilines is 1. The maximum atomic E-state index is 13.2. The Hall–Kier alpha value is -4.07. The number of ether oxygens (including phenoxy) is 1. The van der Waals surface area contributed by atoms with E-state index in [2.05, 4.69) is 10.6 Å². The van der Waals surface area contributed by atoms with Crippen LogP contribution in [0.4, 0.5) is 10.5 Å². The summed E-state index contributed by atoms with van der Waals surface area (Å²) in [5.74, 6) is 0.0720. The Morgan fingerprint density at radius 2 is 1.75 bits per heavy atom. The minimum absolute atomic E-state index is 0.186. The summed E-state index contributed by atoms with van der Waals surface area (Å²) in [6.45, 7) is 1.86. The molecule has 2 heterocycles. The molecule has 1 fully saturated rings. The lowest BCUT2D eigenvalue weighted by atomic mass is 10.00. The zero-order chi connectivity index (χ0) is 22.5. The normalized spacial score (nSPS) is 17.7. The van der Waals surface area contributed by atoms with Gasteiger partial charge < -0.3 is 19.8 Å². The maximum Gasteiger partial charge on any atom is 0.411 e. The molecule has 0 aliphatic carbocycles. The number of nitrogens with one attached hydrogen (secondary N) is 2. The van der Waals surface area contributed by atoms with Crippen molar-refractivity contribution in [3.63, 3.8) is 0 Å². The first-order chi connectivity index (χ1) is 15.5. The molecule has 0 radical (unpaired) electrons. The number of carbonyl (C=O) groups is 3. The maximum absolute atomic E-state index is 13.2. The summed E-state index contributed by atoms with van der Waals surface area (Å²) >= 11 is 0. The van der Waals surface area contributed by atoms with Crippen molar-refractivity contribution in [2.45, 2.75) is 32.2 Å². The molecule has 8 nitrogen and oxygen atoms in total. The highest BCUT2D eigenvalue weighted by atomic mass is 16.6. The van der Waals surface area contributed by atoms with Gasteiger partial charge in [0.1, 0.15) is 5.76 Å². The molecule has 32 heavy (non-hydrogen) atoms. The number of hydrogen-bond acceptors (Lipinski definition) is 5. The highest BCUT2D eigenvalue weighted by molar-refractivity contribution is 5.90. The molecular weight excluding hydrogens is 410 g/mol. The molecule has 1 aromatic heterocycles. The highest BCUT2D eigenvalue weighted by Gasteiger charge is 2.46. The van der Waals surface area contributed by atoms with E-state index in [0.717, 1.165) is 5.56 Å². The van der Waals surface area contributed by atoms with Crippen LogP contribution >= 0.6 is 0 Å². The SMILES string of the molecule is CC(=O)Nc1ccc(C2OC(=O)N(Cc3ccccc3)C2C(=O)NCc2ccco2)cc1. The van der Waals surface area contributed by atoms with Crippen LogP contribution in [0.5, 0.6) is 0 Å². The van der Waals surface area contributed by atoms with Crippen molar-refractivity contribution in [1.29, 1.82) is 0 Å². The summed E-state index contributed by atoms with van der Waals surface area (Å²) < 4.78 is 10.9. The van der Waals surface area contributed by atoms with Gasteiger partial charge in [-0.25, -0.2) is 4.79 Å². The molecule has 0 bridgehead atoms. The summed E-state index contributed by atoms with van der Waals surface area (Å²) in [5, 5.41) is 5.53. The van der Waals surface area contributed by atoms with Gasteiger partial charge >= 0.3 is 6.09 Å². The number of benzene rings is 2. The summed E-state index contributed by atoms with van der Waals surface area (Å²) in [6, 6.07) is 18.9. The smallest absolute Gasteiger partial charge is 0.411 e. The first-order valence-electron chi connectivity index (χ1n) is 10.2. The number of rotatable bonds is 7. The molecule has 4 rings (SSSR count). The van der Waals surface area contributed by atoms with Crippen molar-refractivity contribution in [1.82, 2.24) is 10.2 Å². The quantitative estimate of drug-likeness (QED) is 0.593. The van der Waals surface area contributed by atoms with E-state index in [-0.39, 0.29) is 24.9 Å². The van der Waals surface area contributed by atoms with Crippen LogP contribution in [0.3, 0.4) is 0 Å². The van der Waals surface area contributed by atoms with Crippen molar-refractivity contribution in [2.75, 3.05) is 5.32 Å². The van der Waals surface area contributed by atoms with E-state index in [0.29, 0.717) is 17.0 Å². The number of furan rings is 1. The molecule has 3 amide bonds. The predicted molar refractivity (Wildman–Crippen MR) is 116 cm³/mol. The summed E-state index contributed by atoms with van der Waals surface area (Å²) in [7, 11) is 0. The van der Waals surface area contributed by atoms with Crippen LogP contribution in [-0.2, 0) is 27.4 Å². The Labute approximate surface area is 185 Å². The van der Waals surface area contributed by atoms with Crippen LogP contribution in [0.15, 0.2) is 77.4 Å². The Kier molecular flexibility index (Phi) is 6.21. The molecule has 3 aromatic rings. The molecule has 0 spiro atoms. The highest BCUT2D eigenvalue weighted by Crippen LogP contribution is 2.34. The molecule has 2 aromatic carbocycles. The second-order valence-corrected chi connectivity index (χ2v) is 7.46. The summed E-state index contributed by atoms with van der Waals surface area (Å²) in [6.07, 6.45) is 0.169. The third-order valence-electron chi connectivity index (χ3n) is 5.13. The molecular formula is C24H23N3O5. The van der Waals surface area contributed by atoms with Crippen LogP contribution in [0.1, 0.15) is 29.9 Å². The minimum atomic E-state index is -0.871. The van der Waals surface area contributed by atoms with Gasteiger partial charge in [-0.1, -0.05) is 42.5 Å². The van der Waals surface area contributed by atoms with Gasteiger partial charge in [0, 0.05) is 12.6 Å². The Morgan fingerprint density at radius 3 is 2.41 bits per heavy atom. The van der Waals surface area contributed by atoms with Crippen molar-refractivity contribution in [3.8, 4) is 0 Å². The number of amides is 3. The van der Waals surface area contributed by atoms with E-state index in [4.69, 9.17) is 9.15 Å². The first kappa shape index (κ1) is 21.2. The third kappa shape index (κ3) is 4.80. The second-order valence-electron chi connectivity index (χ2n) is 7.46. The van der Waals surface area contributed by atoms with Gasteiger partial charge in [0.2, 0.25) is 11.8 Å². The molecule has 2 N–H and O–H groups in total. The van der Waals surface area contributed by atoms with Gasteiger partial charge in [0.05, 0.1) is 19.4 Å². The van der Waals surface area contributed by atoms with Crippen molar-refractivity contribution in [3.05, 3.63) is 89.9 Å². The standard InChI is InChI=1S/C24H23N3O5/c1-16(28)26-19-11-9-18(10-12-19)22-21(23(29)25-14-20-8-5-13-31-20)27(24(30)32-22)15-17-6-3-2-4-7-17/h2-13,21-22H,14-15H2,1H3,(H,25,29)(H,26,28). The van der Waals surface area contributed by atoms with Crippen LogP contribution in [0.25, 0.3) is 0 Å². The van der Waals surface area contributed by atoms with E-state index in [1.54, 1.807) is 36.4 Å². The lowest BCUT2D eigenvalue weighted by molar-refractivity contribution is -0.126. The number of carbonyl (C=O) groups excluding carboxylic acids is 3. The van der Waals surface area contributed by atoms with Crippen LogP contribution in [0, 0.1) is 0 Å². The largest absolute Gasteiger partial charge is 0.467 e. The number of hydrogen-bond donors (Lipinski definition) is 2. The van der Waals surface area contributed by atoms with Crippen molar-refractivity contribution in [2.24, 2.45) is 0 Å². The van der Waals surface area contributed by atoms with Gasteiger partial charge in [-0.05, 0) is 35.4 Å². The van der Waals surface area contributed by atoms with E-state index in [1.807, 2.05) is 30.3 Å². The Bertz CT molecular complexity index is 1080. The van der Waals surface area contributed by atoms with E-state index in [9.17, 15) is 14.4 Å². The first-order valence-corrected chi connectivity index (χ1v) is 10.2. The summed E-state index contributed by atoms with van der Waals surface area (Å²) in [5.41, 5.74) is 2.15. The fourth-order valence-electron chi connectivity index (χ4n) is 3.64.